The predicted molar refractivity (Wildman–Crippen MR) is 134 cm³/mol. The summed E-state index contributed by atoms with van der Waals surface area (Å²) in [5, 5.41) is 5.10. The first kappa shape index (κ1) is 24.0. The number of aromatic nitrogens is 1. The first-order valence-corrected chi connectivity index (χ1v) is 12.6. The van der Waals surface area contributed by atoms with Gasteiger partial charge in [0.25, 0.3) is 5.91 Å². The second kappa shape index (κ2) is 10.4. The number of thiophene rings is 1. The molecular weight excluding hydrogens is 450 g/mol. The molecular formula is C26H31N3O4S. The van der Waals surface area contributed by atoms with Gasteiger partial charge in [-0.15, -0.1) is 11.3 Å². The summed E-state index contributed by atoms with van der Waals surface area (Å²) in [6.07, 6.45) is 2.87. The first-order valence-electron chi connectivity index (χ1n) is 11.7. The summed E-state index contributed by atoms with van der Waals surface area (Å²) in [6, 6.07) is 11.7. The quantitative estimate of drug-likeness (QED) is 0.503. The molecule has 0 bridgehead atoms. The summed E-state index contributed by atoms with van der Waals surface area (Å²) in [5.41, 5.74) is 3.32. The van der Waals surface area contributed by atoms with Crippen LogP contribution < -0.4 is 10.2 Å². The number of nitrogens with zero attached hydrogens (tertiary/aromatic N) is 2. The normalized spacial score (nSPS) is 18.0. The molecule has 1 saturated carbocycles. The Bertz CT molecular complexity index is 1190. The van der Waals surface area contributed by atoms with E-state index in [9.17, 15) is 14.4 Å². The van der Waals surface area contributed by atoms with Gasteiger partial charge in [-0.05, 0) is 74.7 Å². The predicted octanol–water partition coefficient (Wildman–Crippen LogP) is 4.53. The maximum Gasteiger partial charge on any atom is 0.308 e. The van der Waals surface area contributed by atoms with Crippen LogP contribution in [0.25, 0.3) is 10.2 Å². The highest BCUT2D eigenvalue weighted by atomic mass is 32.1. The van der Waals surface area contributed by atoms with Crippen molar-refractivity contribution in [2.45, 2.75) is 52.1 Å². The van der Waals surface area contributed by atoms with Crippen LogP contribution in [0.1, 0.15) is 48.7 Å². The lowest BCUT2D eigenvalue weighted by molar-refractivity contribution is -0.146. The number of methoxy groups -OCH3 is 1. The number of carbonyl (C=O) groups excluding carboxylic acids is 3. The highest BCUT2D eigenvalue weighted by molar-refractivity contribution is 7.17. The molecule has 3 aromatic rings. The van der Waals surface area contributed by atoms with Gasteiger partial charge in [-0.25, -0.2) is 0 Å². The van der Waals surface area contributed by atoms with E-state index >= 15 is 0 Å². The maximum absolute atomic E-state index is 13.3. The molecule has 1 aliphatic carbocycles. The fourth-order valence-electron chi connectivity index (χ4n) is 4.75. The molecule has 0 unspecified atom stereocenters. The lowest BCUT2D eigenvalue weighted by Gasteiger charge is -2.27. The summed E-state index contributed by atoms with van der Waals surface area (Å²) in [5.74, 6) is -0.515. The lowest BCUT2D eigenvalue weighted by atomic mass is 9.86. The molecule has 0 aliphatic heterocycles. The third-order valence-corrected chi connectivity index (χ3v) is 7.43. The summed E-state index contributed by atoms with van der Waals surface area (Å²) in [7, 11) is 1.41. The number of amides is 2. The number of likely N-dealkylation sites (N-methyl/N-ethyl adjacent to an activating group) is 1. The maximum atomic E-state index is 13.3. The minimum absolute atomic E-state index is 0.00456. The van der Waals surface area contributed by atoms with Gasteiger partial charge in [0.2, 0.25) is 5.91 Å². The van der Waals surface area contributed by atoms with E-state index in [1.165, 1.54) is 7.11 Å². The molecule has 1 N–H and O–H groups in total. The van der Waals surface area contributed by atoms with Gasteiger partial charge in [0.15, 0.2) is 0 Å². The van der Waals surface area contributed by atoms with Crippen LogP contribution in [0.3, 0.4) is 0 Å². The van der Waals surface area contributed by atoms with Gasteiger partial charge >= 0.3 is 5.97 Å². The van der Waals surface area contributed by atoms with E-state index in [4.69, 9.17) is 4.74 Å². The topological polar surface area (TPSA) is 80.6 Å². The Morgan fingerprint density at radius 2 is 1.91 bits per heavy atom. The van der Waals surface area contributed by atoms with Crippen molar-refractivity contribution >= 4 is 45.0 Å². The number of ether oxygens (including phenoxy) is 1. The molecule has 2 aromatic heterocycles. The van der Waals surface area contributed by atoms with Gasteiger partial charge < -0.3 is 19.5 Å². The number of aryl methyl sites for hydroxylation is 1. The van der Waals surface area contributed by atoms with Crippen LogP contribution in [0.5, 0.6) is 0 Å². The van der Waals surface area contributed by atoms with Crippen LogP contribution in [0.2, 0.25) is 0 Å². The molecule has 1 fully saturated rings. The van der Waals surface area contributed by atoms with E-state index in [1.807, 2.05) is 60.2 Å². The van der Waals surface area contributed by atoms with Crippen molar-refractivity contribution in [1.29, 1.82) is 0 Å². The molecule has 0 spiro atoms. The van der Waals surface area contributed by atoms with Gasteiger partial charge in [0, 0.05) is 18.3 Å². The zero-order valence-electron chi connectivity index (χ0n) is 19.9. The Morgan fingerprint density at radius 1 is 1.15 bits per heavy atom. The first-order chi connectivity index (χ1) is 16.4. The van der Waals surface area contributed by atoms with Crippen molar-refractivity contribution < 1.29 is 19.1 Å². The molecule has 2 heterocycles. The molecule has 4 rings (SSSR count). The van der Waals surface area contributed by atoms with Gasteiger partial charge in [-0.1, -0.05) is 12.1 Å². The number of nitrogens with one attached hydrogen (secondary N) is 1. The van der Waals surface area contributed by atoms with Crippen LogP contribution in [0.4, 0.5) is 5.69 Å². The van der Waals surface area contributed by atoms with Gasteiger partial charge in [-0.2, -0.15) is 0 Å². The standard InChI is InChI=1S/C26H31N3O4S/c1-4-28(20-7-5-6-17(2)14-20)24(30)16-29-21-12-13-34-23(21)15-22(29)25(31)27-19-10-8-18(9-11-19)26(32)33-3/h5-7,12-15,18-19H,4,8-11,16H2,1-3H3,(H,27,31). The summed E-state index contributed by atoms with van der Waals surface area (Å²) >= 11 is 1.55. The van der Waals surface area contributed by atoms with E-state index in [2.05, 4.69) is 5.32 Å². The number of rotatable bonds is 7. The van der Waals surface area contributed by atoms with Crippen LogP contribution in [0.15, 0.2) is 41.8 Å². The second-order valence-electron chi connectivity index (χ2n) is 8.81. The SMILES string of the molecule is CCN(C(=O)Cn1c(C(=O)NC2CCC(C(=O)OC)CC2)cc2sccc21)c1cccc(C)c1. The molecule has 8 heteroatoms. The Labute approximate surface area is 203 Å². The number of hydrogen-bond donors (Lipinski definition) is 1. The molecule has 1 aromatic carbocycles. The monoisotopic (exact) mass is 481 g/mol. The van der Waals surface area contributed by atoms with Gasteiger partial charge in [0.1, 0.15) is 12.2 Å². The van der Waals surface area contributed by atoms with Crippen LogP contribution in [-0.4, -0.2) is 42.0 Å². The zero-order valence-corrected chi connectivity index (χ0v) is 20.7. The Kier molecular flexibility index (Phi) is 7.36. The van der Waals surface area contributed by atoms with Crippen molar-refractivity contribution in [2.24, 2.45) is 5.92 Å². The fourth-order valence-corrected chi connectivity index (χ4v) is 5.58. The smallest absolute Gasteiger partial charge is 0.308 e. The summed E-state index contributed by atoms with van der Waals surface area (Å²) in [6.45, 7) is 4.58. The second-order valence-corrected chi connectivity index (χ2v) is 9.76. The molecule has 0 saturated heterocycles. The van der Waals surface area contributed by atoms with E-state index in [0.717, 1.165) is 34.3 Å². The molecule has 34 heavy (non-hydrogen) atoms. The van der Waals surface area contributed by atoms with Gasteiger partial charge in [-0.3, -0.25) is 14.4 Å². The number of carbonyl (C=O) groups is 3. The van der Waals surface area contributed by atoms with E-state index < -0.39 is 0 Å². The average Bonchev–Trinajstić information content (AvgIpc) is 3.42. The van der Waals surface area contributed by atoms with Gasteiger partial charge in [0.05, 0.1) is 23.2 Å². The number of esters is 1. The number of benzene rings is 1. The Morgan fingerprint density at radius 3 is 2.59 bits per heavy atom. The molecule has 0 radical (unpaired) electrons. The molecule has 7 nitrogen and oxygen atoms in total. The van der Waals surface area contributed by atoms with Crippen molar-refractivity contribution in [3.05, 3.63) is 53.0 Å². The highest BCUT2D eigenvalue weighted by Gasteiger charge is 2.29. The van der Waals surface area contributed by atoms with Crippen molar-refractivity contribution in [3.63, 3.8) is 0 Å². The zero-order chi connectivity index (χ0) is 24.2. The molecule has 2 amide bonds. The van der Waals surface area contributed by atoms with Crippen LogP contribution >= 0.6 is 11.3 Å². The number of anilines is 1. The van der Waals surface area contributed by atoms with E-state index in [0.29, 0.717) is 25.1 Å². The van der Waals surface area contributed by atoms with Crippen molar-refractivity contribution in [1.82, 2.24) is 9.88 Å². The highest BCUT2D eigenvalue weighted by Crippen LogP contribution is 2.28. The largest absolute Gasteiger partial charge is 0.469 e. The third kappa shape index (κ3) is 5.01. The van der Waals surface area contributed by atoms with E-state index in [-0.39, 0.29) is 36.3 Å². The third-order valence-electron chi connectivity index (χ3n) is 6.58. The number of hydrogen-bond acceptors (Lipinski definition) is 5. The Balaban J connectivity index is 1.51. The van der Waals surface area contributed by atoms with Crippen LogP contribution in [0, 0.1) is 12.8 Å². The lowest BCUT2D eigenvalue weighted by Crippen LogP contribution is -2.40. The molecule has 180 valence electrons. The molecule has 1 aliphatic rings. The summed E-state index contributed by atoms with van der Waals surface area (Å²) < 4.78 is 7.65. The van der Waals surface area contributed by atoms with Crippen LogP contribution in [-0.2, 0) is 20.9 Å². The fraction of sp³-hybridized carbons (Fsp3) is 0.423. The minimum Gasteiger partial charge on any atom is -0.469 e. The van der Waals surface area contributed by atoms with Crippen molar-refractivity contribution in [2.75, 3.05) is 18.6 Å². The van der Waals surface area contributed by atoms with E-state index in [1.54, 1.807) is 16.2 Å². The number of fused-ring (bicyclic) bond motifs is 1. The summed E-state index contributed by atoms with van der Waals surface area (Å²) in [4.78, 5) is 40.1. The average molecular weight is 482 g/mol. The molecule has 0 atom stereocenters. The minimum atomic E-state index is -0.184. The Hall–Kier alpha value is -3.13. The van der Waals surface area contributed by atoms with Crippen molar-refractivity contribution in [3.8, 4) is 0 Å².